The molecule has 0 aromatic heterocycles. The fourth-order valence-electron chi connectivity index (χ4n) is 2.92. The molecule has 18 heavy (non-hydrogen) atoms. The molecule has 2 fully saturated rings. The van der Waals surface area contributed by atoms with Crippen LogP contribution in [0.15, 0.2) is 0 Å². The van der Waals surface area contributed by atoms with Crippen LogP contribution in [-0.4, -0.2) is 51.2 Å². The molecular formula is C14H27NO3. The molecule has 2 aliphatic heterocycles. The second kappa shape index (κ2) is 7.43. The first kappa shape index (κ1) is 14.3. The van der Waals surface area contributed by atoms with Crippen LogP contribution in [-0.2, 0) is 14.2 Å². The molecule has 0 aliphatic carbocycles. The van der Waals surface area contributed by atoms with Crippen LogP contribution in [0.5, 0.6) is 0 Å². The molecular weight excluding hydrogens is 230 g/mol. The van der Waals surface area contributed by atoms with Gasteiger partial charge in [0.1, 0.15) is 0 Å². The van der Waals surface area contributed by atoms with Crippen molar-refractivity contribution in [1.29, 1.82) is 0 Å². The summed E-state index contributed by atoms with van der Waals surface area (Å²) in [5, 5.41) is 3.65. The Kier molecular flexibility index (Phi) is 5.89. The maximum atomic E-state index is 6.04. The Bertz CT molecular complexity index is 224. The molecule has 2 rings (SSSR count). The highest BCUT2D eigenvalue weighted by atomic mass is 16.5. The zero-order valence-corrected chi connectivity index (χ0v) is 11.6. The average Bonchev–Trinajstić information content (AvgIpc) is 2.40. The molecule has 2 saturated heterocycles. The topological polar surface area (TPSA) is 39.7 Å². The summed E-state index contributed by atoms with van der Waals surface area (Å²) < 4.78 is 16.8. The SMILES string of the molecule is CCOCCCNC1CCOC2(CCOCC2)C1. The van der Waals surface area contributed by atoms with Crippen molar-refractivity contribution in [3.8, 4) is 0 Å². The third-order valence-corrected chi connectivity index (χ3v) is 4.00. The zero-order chi connectivity index (χ0) is 12.7. The van der Waals surface area contributed by atoms with E-state index in [0.29, 0.717) is 6.04 Å². The van der Waals surface area contributed by atoms with E-state index in [9.17, 15) is 0 Å². The van der Waals surface area contributed by atoms with Gasteiger partial charge < -0.3 is 19.5 Å². The van der Waals surface area contributed by atoms with Gasteiger partial charge in [0.2, 0.25) is 0 Å². The van der Waals surface area contributed by atoms with Crippen molar-refractivity contribution in [2.75, 3.05) is 39.6 Å². The summed E-state index contributed by atoms with van der Waals surface area (Å²) in [4.78, 5) is 0. The summed E-state index contributed by atoms with van der Waals surface area (Å²) in [5.74, 6) is 0. The fourth-order valence-corrected chi connectivity index (χ4v) is 2.92. The molecule has 4 nitrogen and oxygen atoms in total. The molecule has 1 N–H and O–H groups in total. The summed E-state index contributed by atoms with van der Waals surface area (Å²) in [7, 11) is 0. The van der Waals surface area contributed by atoms with Crippen molar-refractivity contribution in [3.63, 3.8) is 0 Å². The van der Waals surface area contributed by atoms with Gasteiger partial charge in [-0.25, -0.2) is 0 Å². The zero-order valence-electron chi connectivity index (χ0n) is 11.6. The van der Waals surface area contributed by atoms with Crippen molar-refractivity contribution in [2.24, 2.45) is 0 Å². The van der Waals surface area contributed by atoms with Crippen molar-refractivity contribution >= 4 is 0 Å². The quantitative estimate of drug-likeness (QED) is 0.736. The molecule has 1 spiro atoms. The third kappa shape index (κ3) is 4.19. The van der Waals surface area contributed by atoms with E-state index in [1.807, 2.05) is 6.92 Å². The Morgan fingerprint density at radius 2 is 2.11 bits per heavy atom. The highest BCUT2D eigenvalue weighted by Gasteiger charge is 2.38. The second-order valence-electron chi connectivity index (χ2n) is 5.34. The predicted molar refractivity (Wildman–Crippen MR) is 70.9 cm³/mol. The molecule has 2 heterocycles. The molecule has 4 heteroatoms. The molecule has 0 radical (unpaired) electrons. The Balaban J connectivity index is 1.66. The minimum absolute atomic E-state index is 0.105. The number of hydrogen-bond acceptors (Lipinski definition) is 4. The lowest BCUT2D eigenvalue weighted by Gasteiger charge is -2.43. The predicted octanol–water partition coefficient (Wildman–Crippen LogP) is 1.73. The molecule has 0 aromatic rings. The van der Waals surface area contributed by atoms with E-state index < -0.39 is 0 Å². The molecule has 106 valence electrons. The number of nitrogens with one attached hydrogen (secondary N) is 1. The Labute approximate surface area is 110 Å². The first-order valence-corrected chi connectivity index (χ1v) is 7.37. The molecule has 0 saturated carbocycles. The monoisotopic (exact) mass is 257 g/mol. The minimum atomic E-state index is 0.105. The van der Waals surface area contributed by atoms with Crippen LogP contribution in [0.2, 0.25) is 0 Å². The number of hydrogen-bond donors (Lipinski definition) is 1. The van der Waals surface area contributed by atoms with Gasteiger partial charge in [-0.15, -0.1) is 0 Å². The minimum Gasteiger partial charge on any atom is -0.382 e. The summed E-state index contributed by atoms with van der Waals surface area (Å²) in [5.41, 5.74) is 0.105. The molecule has 0 bridgehead atoms. The van der Waals surface area contributed by atoms with Crippen LogP contribution in [0.3, 0.4) is 0 Å². The Hall–Kier alpha value is -0.160. The highest BCUT2D eigenvalue weighted by Crippen LogP contribution is 2.34. The van der Waals surface area contributed by atoms with Crippen LogP contribution in [0.25, 0.3) is 0 Å². The van der Waals surface area contributed by atoms with Crippen molar-refractivity contribution in [3.05, 3.63) is 0 Å². The van der Waals surface area contributed by atoms with E-state index in [1.165, 1.54) is 0 Å². The van der Waals surface area contributed by atoms with Crippen molar-refractivity contribution < 1.29 is 14.2 Å². The molecule has 0 aromatic carbocycles. The van der Waals surface area contributed by atoms with Gasteiger partial charge in [0.25, 0.3) is 0 Å². The second-order valence-corrected chi connectivity index (χ2v) is 5.34. The summed E-state index contributed by atoms with van der Waals surface area (Å²) in [6.45, 7) is 7.39. The Morgan fingerprint density at radius 3 is 2.89 bits per heavy atom. The van der Waals surface area contributed by atoms with Crippen LogP contribution >= 0.6 is 0 Å². The smallest absolute Gasteiger partial charge is 0.0741 e. The van der Waals surface area contributed by atoms with Gasteiger partial charge >= 0.3 is 0 Å². The lowest BCUT2D eigenvalue weighted by molar-refractivity contribution is -0.140. The molecule has 1 atom stereocenters. The van der Waals surface area contributed by atoms with E-state index in [1.54, 1.807) is 0 Å². The van der Waals surface area contributed by atoms with Gasteiger partial charge in [-0.05, 0) is 45.6 Å². The van der Waals surface area contributed by atoms with Gasteiger partial charge in [0, 0.05) is 39.1 Å². The van der Waals surface area contributed by atoms with Crippen LogP contribution in [0, 0.1) is 0 Å². The lowest BCUT2D eigenvalue weighted by Crippen LogP contribution is -2.50. The first-order valence-electron chi connectivity index (χ1n) is 7.37. The van der Waals surface area contributed by atoms with E-state index >= 15 is 0 Å². The molecule has 1 unspecified atom stereocenters. The third-order valence-electron chi connectivity index (χ3n) is 4.00. The largest absolute Gasteiger partial charge is 0.382 e. The van der Waals surface area contributed by atoms with Gasteiger partial charge in [-0.1, -0.05) is 0 Å². The summed E-state index contributed by atoms with van der Waals surface area (Å²) >= 11 is 0. The van der Waals surface area contributed by atoms with Crippen molar-refractivity contribution in [1.82, 2.24) is 5.32 Å². The highest BCUT2D eigenvalue weighted by molar-refractivity contribution is 4.91. The van der Waals surface area contributed by atoms with E-state index in [4.69, 9.17) is 14.2 Å². The average molecular weight is 257 g/mol. The van der Waals surface area contributed by atoms with Gasteiger partial charge in [0.15, 0.2) is 0 Å². The van der Waals surface area contributed by atoms with Crippen LogP contribution in [0.4, 0.5) is 0 Å². The van der Waals surface area contributed by atoms with Gasteiger partial charge in [0.05, 0.1) is 5.60 Å². The van der Waals surface area contributed by atoms with Gasteiger partial charge in [-0.2, -0.15) is 0 Å². The molecule has 0 amide bonds. The maximum Gasteiger partial charge on any atom is 0.0741 e. The first-order chi connectivity index (χ1) is 8.85. The maximum absolute atomic E-state index is 6.04. The standard InChI is InChI=1S/C14H27NO3/c1-2-16-8-3-7-15-13-4-9-18-14(12-13)5-10-17-11-6-14/h13,15H,2-12H2,1H3. The summed E-state index contributed by atoms with van der Waals surface area (Å²) in [6, 6.07) is 0.610. The molecule has 2 aliphatic rings. The Morgan fingerprint density at radius 1 is 1.28 bits per heavy atom. The number of rotatable bonds is 6. The summed E-state index contributed by atoms with van der Waals surface area (Å²) in [6.07, 6.45) is 5.50. The van der Waals surface area contributed by atoms with Crippen LogP contribution < -0.4 is 5.32 Å². The van der Waals surface area contributed by atoms with E-state index in [0.717, 1.165) is 71.7 Å². The van der Waals surface area contributed by atoms with E-state index in [-0.39, 0.29) is 5.60 Å². The van der Waals surface area contributed by atoms with E-state index in [2.05, 4.69) is 5.32 Å². The normalized spacial score (nSPS) is 27.5. The van der Waals surface area contributed by atoms with Crippen molar-refractivity contribution in [2.45, 2.75) is 50.7 Å². The van der Waals surface area contributed by atoms with Gasteiger partial charge in [-0.3, -0.25) is 0 Å². The lowest BCUT2D eigenvalue weighted by atomic mass is 9.84. The fraction of sp³-hybridized carbons (Fsp3) is 1.00. The number of ether oxygens (including phenoxy) is 3. The van der Waals surface area contributed by atoms with Crippen LogP contribution in [0.1, 0.15) is 39.0 Å².